The van der Waals surface area contributed by atoms with Crippen molar-refractivity contribution in [3.8, 4) is 0 Å². The maximum Gasteiger partial charge on any atom is 0.140 e. The van der Waals surface area contributed by atoms with E-state index in [1.807, 2.05) is 17.5 Å². The molecule has 5 heteroatoms. The van der Waals surface area contributed by atoms with Gasteiger partial charge in [-0.3, -0.25) is 5.41 Å². The molecule has 1 saturated heterocycles. The van der Waals surface area contributed by atoms with Gasteiger partial charge in [-0.1, -0.05) is 6.07 Å². The zero-order valence-corrected chi connectivity index (χ0v) is 13.9. The Kier molecular flexibility index (Phi) is 4.06. The highest BCUT2D eigenvalue weighted by molar-refractivity contribution is 7.12. The van der Waals surface area contributed by atoms with Gasteiger partial charge in [-0.15, -0.1) is 11.3 Å². The summed E-state index contributed by atoms with van der Waals surface area (Å²) in [5, 5.41) is 13.4. The average molecular weight is 327 g/mol. The summed E-state index contributed by atoms with van der Waals surface area (Å²) in [5.41, 5.74) is 3.77. The number of hydrogen-bond acceptors (Lipinski definition) is 4. The summed E-state index contributed by atoms with van der Waals surface area (Å²) in [6, 6.07) is 11.1. The van der Waals surface area contributed by atoms with Crippen LogP contribution in [-0.4, -0.2) is 31.6 Å². The third kappa shape index (κ3) is 2.99. The lowest BCUT2D eigenvalue weighted by atomic mass is 10.1. The van der Waals surface area contributed by atoms with Gasteiger partial charge in [0.25, 0.3) is 0 Å². The Morgan fingerprint density at radius 2 is 2.13 bits per heavy atom. The zero-order chi connectivity index (χ0) is 15.6. The van der Waals surface area contributed by atoms with Gasteiger partial charge in [0.05, 0.1) is 4.88 Å². The van der Waals surface area contributed by atoms with Crippen molar-refractivity contribution in [2.45, 2.75) is 25.3 Å². The lowest BCUT2D eigenvalue weighted by Gasteiger charge is -2.33. The molecule has 1 aromatic carbocycles. The Hall–Kier alpha value is -1.85. The molecular formula is C18H21N3OS. The fourth-order valence-corrected chi connectivity index (χ4v) is 4.14. The molecular weight excluding hydrogens is 306 g/mol. The number of ether oxygens (including phenoxy) is 1. The fourth-order valence-electron chi connectivity index (χ4n) is 3.51. The maximum atomic E-state index is 8.16. The molecule has 0 aliphatic carbocycles. The number of benzene rings is 1. The molecule has 0 bridgehead atoms. The van der Waals surface area contributed by atoms with E-state index in [4.69, 9.17) is 10.1 Å². The van der Waals surface area contributed by atoms with Gasteiger partial charge in [-0.25, -0.2) is 0 Å². The van der Waals surface area contributed by atoms with Crippen molar-refractivity contribution in [3.05, 3.63) is 46.2 Å². The first-order valence-corrected chi connectivity index (χ1v) is 9.06. The van der Waals surface area contributed by atoms with Crippen LogP contribution in [0.4, 0.5) is 11.4 Å². The molecule has 3 heterocycles. The van der Waals surface area contributed by atoms with Gasteiger partial charge < -0.3 is 15.0 Å². The van der Waals surface area contributed by atoms with E-state index in [0.29, 0.717) is 11.9 Å². The Labute approximate surface area is 140 Å². The second kappa shape index (κ2) is 6.34. The number of rotatable bonds is 3. The second-order valence-electron chi connectivity index (χ2n) is 6.11. The highest BCUT2D eigenvalue weighted by Gasteiger charge is 2.27. The summed E-state index contributed by atoms with van der Waals surface area (Å²) in [4.78, 5) is 3.51. The van der Waals surface area contributed by atoms with Crippen LogP contribution in [0.3, 0.4) is 0 Å². The minimum Gasteiger partial charge on any atom is -0.381 e. The molecule has 0 spiro atoms. The van der Waals surface area contributed by atoms with E-state index in [9.17, 15) is 0 Å². The van der Waals surface area contributed by atoms with Gasteiger partial charge in [-0.05, 0) is 54.5 Å². The summed E-state index contributed by atoms with van der Waals surface area (Å²) in [6.07, 6.45) is 3.35. The highest BCUT2D eigenvalue weighted by atomic mass is 32.1. The minimum absolute atomic E-state index is 0.472. The Morgan fingerprint density at radius 3 is 2.91 bits per heavy atom. The molecule has 1 fully saturated rings. The lowest BCUT2D eigenvalue weighted by molar-refractivity contribution is 0.0848. The van der Waals surface area contributed by atoms with Crippen molar-refractivity contribution in [1.82, 2.24) is 0 Å². The van der Waals surface area contributed by atoms with Crippen LogP contribution in [0, 0.1) is 5.41 Å². The number of thiophene rings is 1. The Balaban J connectivity index is 1.50. The van der Waals surface area contributed by atoms with E-state index in [0.717, 1.165) is 49.6 Å². The molecule has 4 nitrogen and oxygen atoms in total. The SMILES string of the molecule is N=C(Nc1ccc2c(c1)CCN2C1CCOCC1)c1cccs1. The predicted octanol–water partition coefficient (Wildman–Crippen LogP) is 3.73. The molecule has 4 rings (SSSR count). The predicted molar refractivity (Wildman–Crippen MR) is 96.1 cm³/mol. The Bertz CT molecular complexity index is 692. The van der Waals surface area contributed by atoms with Gasteiger partial charge in [0.1, 0.15) is 5.84 Å². The van der Waals surface area contributed by atoms with Gasteiger partial charge in [-0.2, -0.15) is 0 Å². The number of nitrogens with zero attached hydrogens (tertiary/aromatic N) is 1. The molecule has 2 N–H and O–H groups in total. The van der Waals surface area contributed by atoms with Crippen LogP contribution in [-0.2, 0) is 11.2 Å². The molecule has 2 aliphatic heterocycles. The monoisotopic (exact) mass is 327 g/mol. The van der Waals surface area contributed by atoms with Crippen LogP contribution in [0.2, 0.25) is 0 Å². The van der Waals surface area contributed by atoms with Crippen molar-refractivity contribution < 1.29 is 4.74 Å². The number of hydrogen-bond donors (Lipinski definition) is 2. The third-order valence-electron chi connectivity index (χ3n) is 4.68. The van der Waals surface area contributed by atoms with Gasteiger partial charge >= 0.3 is 0 Å². The lowest BCUT2D eigenvalue weighted by Crippen LogP contribution is -2.38. The Morgan fingerprint density at radius 1 is 1.26 bits per heavy atom. The zero-order valence-electron chi connectivity index (χ0n) is 13.0. The van der Waals surface area contributed by atoms with Gasteiger partial charge in [0, 0.05) is 37.2 Å². The van der Waals surface area contributed by atoms with Crippen molar-refractivity contribution >= 4 is 28.5 Å². The molecule has 0 atom stereocenters. The summed E-state index contributed by atoms with van der Waals surface area (Å²) in [6.45, 7) is 2.87. The molecule has 23 heavy (non-hydrogen) atoms. The van der Waals surface area contributed by atoms with Crippen LogP contribution in [0.1, 0.15) is 23.3 Å². The maximum absolute atomic E-state index is 8.16. The topological polar surface area (TPSA) is 48.4 Å². The van der Waals surface area contributed by atoms with Crippen molar-refractivity contribution in [3.63, 3.8) is 0 Å². The third-order valence-corrected chi connectivity index (χ3v) is 5.57. The van der Waals surface area contributed by atoms with E-state index < -0.39 is 0 Å². The van der Waals surface area contributed by atoms with E-state index >= 15 is 0 Å². The van der Waals surface area contributed by atoms with E-state index in [1.165, 1.54) is 11.3 Å². The number of fused-ring (bicyclic) bond motifs is 1. The van der Waals surface area contributed by atoms with Gasteiger partial charge in [0.2, 0.25) is 0 Å². The summed E-state index contributed by atoms with van der Waals surface area (Å²) in [5.74, 6) is 0.472. The van der Waals surface area contributed by atoms with Crippen LogP contribution in [0.5, 0.6) is 0 Å². The fraction of sp³-hybridized carbons (Fsp3) is 0.389. The first-order chi connectivity index (χ1) is 11.3. The van der Waals surface area contributed by atoms with Crippen LogP contribution >= 0.6 is 11.3 Å². The summed E-state index contributed by atoms with van der Waals surface area (Å²) >= 11 is 1.59. The van der Waals surface area contributed by atoms with Gasteiger partial charge in [0.15, 0.2) is 0 Å². The van der Waals surface area contributed by atoms with E-state index in [1.54, 1.807) is 11.3 Å². The molecule has 120 valence electrons. The van der Waals surface area contributed by atoms with Crippen LogP contribution in [0.25, 0.3) is 0 Å². The van der Waals surface area contributed by atoms with Crippen LogP contribution in [0.15, 0.2) is 35.7 Å². The highest BCUT2D eigenvalue weighted by Crippen LogP contribution is 2.34. The van der Waals surface area contributed by atoms with E-state index in [2.05, 4.69) is 28.4 Å². The quantitative estimate of drug-likeness (QED) is 0.667. The standard InChI is InChI=1S/C18H21N3OS/c19-18(17-2-1-11-23-17)20-14-3-4-16-13(12-14)5-8-21(16)15-6-9-22-10-7-15/h1-4,11-12,15H,5-10H2,(H2,19,20). The number of amidine groups is 1. The number of nitrogens with one attached hydrogen (secondary N) is 2. The average Bonchev–Trinajstić information content (AvgIpc) is 3.25. The smallest absolute Gasteiger partial charge is 0.140 e. The molecule has 0 amide bonds. The molecule has 2 aromatic rings. The summed E-state index contributed by atoms with van der Waals surface area (Å²) < 4.78 is 5.49. The molecule has 0 saturated carbocycles. The first-order valence-electron chi connectivity index (χ1n) is 8.18. The minimum atomic E-state index is 0.472. The number of anilines is 2. The van der Waals surface area contributed by atoms with Crippen molar-refractivity contribution in [2.75, 3.05) is 30.0 Å². The normalized spacial score (nSPS) is 18.0. The van der Waals surface area contributed by atoms with E-state index in [-0.39, 0.29) is 0 Å². The summed E-state index contributed by atoms with van der Waals surface area (Å²) in [7, 11) is 0. The molecule has 2 aliphatic rings. The molecule has 0 radical (unpaired) electrons. The molecule has 0 unspecified atom stereocenters. The van der Waals surface area contributed by atoms with Crippen LogP contribution < -0.4 is 10.2 Å². The molecule has 1 aromatic heterocycles. The second-order valence-corrected chi connectivity index (χ2v) is 7.06. The largest absolute Gasteiger partial charge is 0.381 e. The van der Waals surface area contributed by atoms with Crippen molar-refractivity contribution in [1.29, 1.82) is 5.41 Å². The van der Waals surface area contributed by atoms with Crippen molar-refractivity contribution in [2.24, 2.45) is 0 Å². The first kappa shape index (κ1) is 14.7.